The highest BCUT2D eigenvalue weighted by Gasteiger charge is 2.41. The van der Waals surface area contributed by atoms with Crippen LogP contribution in [0.15, 0.2) is 47.4 Å². The summed E-state index contributed by atoms with van der Waals surface area (Å²) in [6.07, 6.45) is 7.50. The van der Waals surface area contributed by atoms with Crippen LogP contribution in [0.2, 0.25) is 0 Å². The number of pyridine rings is 1. The molecule has 0 bridgehead atoms. The maximum absolute atomic E-state index is 14.0. The molecule has 3 atom stereocenters. The second-order valence-electron chi connectivity index (χ2n) is 20.0. The average Bonchev–Trinajstić information content (AvgIpc) is 3.99. The molecule has 2 aromatic carbocycles. The number of H-pyrrole nitrogens is 1. The second kappa shape index (κ2) is 23.9. The van der Waals surface area contributed by atoms with Crippen molar-refractivity contribution in [2.75, 3.05) is 50.0 Å². The summed E-state index contributed by atoms with van der Waals surface area (Å²) < 4.78 is 27.2. The smallest absolute Gasteiger partial charge is 0.321 e. The lowest BCUT2D eigenvalue weighted by atomic mass is 9.95. The number of nitrogens with two attached hydrogens (primary N) is 1. The summed E-state index contributed by atoms with van der Waals surface area (Å²) in [5.41, 5.74) is 9.48. The van der Waals surface area contributed by atoms with Crippen LogP contribution < -0.4 is 37.9 Å². The van der Waals surface area contributed by atoms with Crippen LogP contribution in [0.4, 0.5) is 5.69 Å². The van der Waals surface area contributed by atoms with Gasteiger partial charge in [-0.2, -0.15) is 0 Å². The molecule has 410 valence electrons. The van der Waals surface area contributed by atoms with E-state index in [1.807, 2.05) is 12.1 Å². The highest BCUT2D eigenvalue weighted by atomic mass is 32.2. The fourth-order valence-electron chi connectivity index (χ4n) is 9.76. The molecule has 23 nitrogen and oxygen atoms in total. The Hall–Kier alpha value is -7.38. The number of amides is 8. The number of hydrogen-bond acceptors (Lipinski definition) is 15. The van der Waals surface area contributed by atoms with E-state index in [9.17, 15) is 56.4 Å². The molecule has 3 fully saturated rings. The maximum atomic E-state index is 14.0. The van der Waals surface area contributed by atoms with Gasteiger partial charge in [0.05, 0.1) is 11.0 Å². The first kappa shape index (κ1) is 55.8. The number of aromatic nitrogens is 2. The molecule has 0 spiro atoms. The van der Waals surface area contributed by atoms with Crippen LogP contribution in [0, 0.1) is 5.92 Å². The zero-order valence-electron chi connectivity index (χ0n) is 42.7. The molecule has 0 radical (unpaired) electrons. The van der Waals surface area contributed by atoms with Crippen molar-refractivity contribution in [3.63, 3.8) is 0 Å². The second-order valence-corrected chi connectivity index (χ2v) is 23.4. The summed E-state index contributed by atoms with van der Waals surface area (Å²) in [4.78, 5) is 133. The van der Waals surface area contributed by atoms with E-state index in [-0.39, 0.29) is 91.8 Å². The van der Waals surface area contributed by atoms with Gasteiger partial charge >= 0.3 is 5.97 Å². The molecule has 77 heavy (non-hydrogen) atoms. The maximum Gasteiger partial charge on any atom is 0.321 e. The standard InChI is InChI=1S/C52H62N10O13S2/c1-60-24-36(34-21-39(58-45(34)51(60)71)47(67)56-17-16-54-42(63)14-18-61-44(65)22-41(50(61)70)76-26-37(53)52(72)73)33-19-30(27-77(2,74)75)32(20-38(33)57-23-28-10-11-28)46(66)55-15-5-3-4-7-29-8-6-9-31-35(29)25-62(49(31)69)40-12-13-43(64)59-48(40)68/h6,8-9,19-21,24,28,37,40-41,57-58H,3-5,7,10-18,22-23,25-27,53H2,1-2H3,(H,54,63)(H,55,66)(H,56,67)(H,72,73)(H,59,64,68)/t37-,40?,41?/m0/s1. The lowest BCUT2D eigenvalue weighted by Crippen LogP contribution is -2.52. The lowest BCUT2D eigenvalue weighted by Gasteiger charge is -2.29. The van der Waals surface area contributed by atoms with Crippen LogP contribution in [0.5, 0.6) is 0 Å². The third-order valence-electron chi connectivity index (χ3n) is 14.1. The number of fused-ring (bicyclic) bond motifs is 2. The number of piperidine rings is 1. The molecular weight excluding hydrogens is 1040 g/mol. The quantitative estimate of drug-likeness (QED) is 0.0343. The third kappa shape index (κ3) is 13.4. The molecule has 1 aliphatic carbocycles. The van der Waals surface area contributed by atoms with Crippen LogP contribution in [0.1, 0.15) is 106 Å². The summed E-state index contributed by atoms with van der Waals surface area (Å²) in [6.45, 7) is 0.910. The third-order valence-corrected chi connectivity index (χ3v) is 16.2. The van der Waals surface area contributed by atoms with Crippen LogP contribution in [-0.2, 0) is 64.4 Å². The van der Waals surface area contributed by atoms with E-state index in [1.54, 1.807) is 31.4 Å². The van der Waals surface area contributed by atoms with Crippen LogP contribution in [0.25, 0.3) is 22.0 Å². The van der Waals surface area contributed by atoms with Gasteiger partial charge in [-0.1, -0.05) is 18.6 Å². The molecule has 9 N–H and O–H groups in total. The van der Waals surface area contributed by atoms with E-state index in [4.69, 9.17) is 10.8 Å². The van der Waals surface area contributed by atoms with Crippen LogP contribution >= 0.6 is 11.8 Å². The van der Waals surface area contributed by atoms with Gasteiger partial charge < -0.3 is 46.6 Å². The minimum absolute atomic E-state index is 0.0137. The SMILES string of the molecule is Cn1cc(-c2cc(CS(C)(=O)=O)c(C(=O)NCCCCCc3cccc4c3CN(C3CCC(=O)NC3=O)C4=O)cc2NCC2CC2)c2cc(C(=O)NCCNC(=O)CCN3C(=O)CC(SC[C@H](N)C(=O)O)C3=O)[nH]c2c1=O. The number of nitrogens with one attached hydrogen (secondary N) is 6. The van der Waals surface area contributed by atoms with Crippen molar-refractivity contribution in [2.45, 2.75) is 93.8 Å². The zero-order valence-corrected chi connectivity index (χ0v) is 44.3. The number of nitrogens with zero attached hydrogens (tertiary/aromatic N) is 3. The van der Waals surface area contributed by atoms with Gasteiger partial charge in [0, 0.05) is 117 Å². The normalized spacial score (nSPS) is 17.9. The number of likely N-dealkylation sites (tertiary alicyclic amines) is 1. The van der Waals surface area contributed by atoms with Gasteiger partial charge in [0.1, 0.15) is 23.3 Å². The first-order valence-corrected chi connectivity index (χ1v) is 28.6. The van der Waals surface area contributed by atoms with Gasteiger partial charge in [-0.3, -0.25) is 58.2 Å². The Kier molecular flexibility index (Phi) is 17.3. The summed E-state index contributed by atoms with van der Waals surface area (Å²) in [6, 6.07) is 8.40. The summed E-state index contributed by atoms with van der Waals surface area (Å²) >= 11 is 0.975. The van der Waals surface area contributed by atoms with Gasteiger partial charge in [0.25, 0.3) is 23.3 Å². The number of carbonyl (C=O) groups is 9. The van der Waals surface area contributed by atoms with Crippen molar-refractivity contribution in [3.8, 4) is 11.1 Å². The number of benzene rings is 2. The zero-order chi connectivity index (χ0) is 55.3. The Labute approximate surface area is 447 Å². The summed E-state index contributed by atoms with van der Waals surface area (Å²) in [5.74, 6) is -4.99. The van der Waals surface area contributed by atoms with Crippen molar-refractivity contribution in [1.29, 1.82) is 0 Å². The molecule has 4 aliphatic rings. The fraction of sp³-hybridized carbons (Fsp3) is 0.462. The molecule has 1 saturated carbocycles. The van der Waals surface area contributed by atoms with E-state index in [2.05, 4.69) is 31.6 Å². The number of aryl methyl sites for hydroxylation is 2. The van der Waals surface area contributed by atoms with E-state index >= 15 is 0 Å². The Bertz CT molecular complexity index is 3240. The number of imide groups is 2. The van der Waals surface area contributed by atoms with Gasteiger partial charge in [0.15, 0.2) is 9.84 Å². The van der Waals surface area contributed by atoms with Crippen molar-refractivity contribution >= 4 is 91.4 Å². The number of carbonyl (C=O) groups excluding carboxylic acids is 8. The number of rotatable bonds is 25. The van der Waals surface area contributed by atoms with Gasteiger partial charge in [-0.25, -0.2) is 8.42 Å². The number of carboxylic acids is 1. The molecule has 3 aliphatic heterocycles. The molecule has 8 rings (SSSR count). The molecule has 2 saturated heterocycles. The predicted molar refractivity (Wildman–Crippen MR) is 284 cm³/mol. The monoisotopic (exact) mass is 1100 g/mol. The number of aliphatic carboxylic acids is 1. The number of hydrogen-bond donors (Lipinski definition) is 8. The molecule has 4 aromatic rings. The van der Waals surface area contributed by atoms with E-state index in [0.29, 0.717) is 59.6 Å². The van der Waals surface area contributed by atoms with Crippen LogP contribution in [-0.4, -0.2) is 148 Å². The van der Waals surface area contributed by atoms with Crippen molar-refractivity contribution < 1.29 is 56.7 Å². The van der Waals surface area contributed by atoms with E-state index < -0.39 is 79.9 Å². The number of carboxylic acid groups (broad SMARTS) is 1. The minimum atomic E-state index is -3.69. The van der Waals surface area contributed by atoms with Gasteiger partial charge in [-0.05, 0) is 85.4 Å². The van der Waals surface area contributed by atoms with E-state index in [1.165, 1.54) is 15.5 Å². The lowest BCUT2D eigenvalue weighted by molar-refractivity contribution is -0.140. The molecule has 5 heterocycles. The predicted octanol–water partition coefficient (Wildman–Crippen LogP) is 1.31. The highest BCUT2D eigenvalue weighted by molar-refractivity contribution is 8.00. The number of aromatic amines is 1. The minimum Gasteiger partial charge on any atom is -0.480 e. The Balaban J connectivity index is 0.901. The number of sulfone groups is 1. The van der Waals surface area contributed by atoms with Gasteiger partial charge in [0.2, 0.25) is 29.5 Å². The average molecular weight is 1100 g/mol. The number of anilines is 1. The first-order chi connectivity index (χ1) is 36.7. The van der Waals surface area contributed by atoms with Crippen molar-refractivity contribution in [2.24, 2.45) is 18.7 Å². The fourth-order valence-corrected chi connectivity index (χ4v) is 11.7. The largest absolute Gasteiger partial charge is 0.480 e. The topological polar surface area (TPSA) is 338 Å². The summed E-state index contributed by atoms with van der Waals surface area (Å²) in [5, 5.41) is 22.7. The molecule has 2 unspecified atom stereocenters. The van der Waals surface area contributed by atoms with Crippen molar-refractivity contribution in [1.82, 2.24) is 40.6 Å². The number of unbranched alkanes of at least 4 members (excludes halogenated alkanes) is 2. The molecule has 8 amide bonds. The first-order valence-electron chi connectivity index (χ1n) is 25.5. The Morgan fingerprint density at radius 1 is 0.896 bits per heavy atom. The molecule has 25 heteroatoms. The Morgan fingerprint density at radius 2 is 1.65 bits per heavy atom. The van der Waals surface area contributed by atoms with Crippen LogP contribution in [0.3, 0.4) is 0 Å². The van der Waals surface area contributed by atoms with Gasteiger partial charge in [-0.15, -0.1) is 11.8 Å². The Morgan fingerprint density at radius 3 is 2.38 bits per heavy atom. The van der Waals surface area contributed by atoms with E-state index in [0.717, 1.165) is 59.7 Å². The molecular formula is C52H62N10O13S2. The number of thioether (sulfide) groups is 1. The molecule has 2 aromatic heterocycles. The summed E-state index contributed by atoms with van der Waals surface area (Å²) in [7, 11) is -2.15. The van der Waals surface area contributed by atoms with Crippen molar-refractivity contribution in [3.05, 3.63) is 86.5 Å². The highest BCUT2D eigenvalue weighted by Crippen LogP contribution is 2.38.